The van der Waals surface area contributed by atoms with Crippen molar-refractivity contribution in [1.82, 2.24) is 9.97 Å². The number of hydrogen-bond acceptors (Lipinski definition) is 5. The van der Waals surface area contributed by atoms with E-state index < -0.39 is 10.8 Å². The van der Waals surface area contributed by atoms with E-state index in [4.69, 9.17) is 0 Å². The Morgan fingerprint density at radius 1 is 1.56 bits per heavy atom. The Morgan fingerprint density at radius 2 is 2.31 bits per heavy atom. The Balaban J connectivity index is 2.39. The van der Waals surface area contributed by atoms with Crippen LogP contribution in [0.3, 0.4) is 0 Å². The summed E-state index contributed by atoms with van der Waals surface area (Å²) in [6, 6.07) is 1.81. The summed E-state index contributed by atoms with van der Waals surface area (Å²) in [5.41, 5.74) is 0. The molecule has 2 atom stereocenters. The molecular formula is C10H18N4OS. The first-order chi connectivity index (χ1) is 7.63. The summed E-state index contributed by atoms with van der Waals surface area (Å²) >= 11 is 0. The van der Waals surface area contributed by atoms with E-state index in [1.807, 2.05) is 13.0 Å². The van der Waals surface area contributed by atoms with E-state index in [1.165, 1.54) is 0 Å². The molecule has 6 heteroatoms. The second-order valence-corrected chi connectivity index (χ2v) is 5.34. The minimum absolute atomic E-state index is 0.207. The van der Waals surface area contributed by atoms with Gasteiger partial charge in [-0.25, -0.2) is 4.98 Å². The van der Waals surface area contributed by atoms with Gasteiger partial charge in [-0.1, -0.05) is 6.92 Å². The van der Waals surface area contributed by atoms with Crippen LogP contribution in [0.4, 0.5) is 11.8 Å². The highest BCUT2D eigenvalue weighted by atomic mass is 32.2. The molecule has 0 saturated heterocycles. The molecule has 1 heterocycles. The first-order valence-electron chi connectivity index (χ1n) is 5.20. The van der Waals surface area contributed by atoms with E-state index in [0.29, 0.717) is 5.95 Å². The van der Waals surface area contributed by atoms with Crippen LogP contribution in [-0.4, -0.2) is 39.3 Å². The Kier molecular flexibility index (Phi) is 5.18. The molecule has 0 bridgehead atoms. The summed E-state index contributed by atoms with van der Waals surface area (Å²) in [5, 5.41) is 6.26. The van der Waals surface area contributed by atoms with Crippen LogP contribution in [-0.2, 0) is 10.8 Å². The van der Waals surface area contributed by atoms with Crippen LogP contribution in [0.15, 0.2) is 12.3 Å². The van der Waals surface area contributed by atoms with Crippen molar-refractivity contribution in [2.24, 2.45) is 0 Å². The summed E-state index contributed by atoms with van der Waals surface area (Å²) in [7, 11) is 1.02. The maximum atomic E-state index is 11.1. The predicted octanol–water partition coefficient (Wildman–Crippen LogP) is 1.09. The van der Waals surface area contributed by atoms with Gasteiger partial charge in [0.25, 0.3) is 0 Å². The molecule has 16 heavy (non-hydrogen) atoms. The molecule has 1 rings (SSSR count). The van der Waals surface area contributed by atoms with Crippen LogP contribution in [0.1, 0.15) is 13.3 Å². The molecule has 0 amide bonds. The third-order valence-electron chi connectivity index (χ3n) is 2.30. The number of anilines is 2. The molecule has 0 aliphatic heterocycles. The predicted molar refractivity (Wildman–Crippen MR) is 68.2 cm³/mol. The van der Waals surface area contributed by atoms with Crippen molar-refractivity contribution in [2.45, 2.75) is 18.6 Å². The first kappa shape index (κ1) is 12.9. The number of hydrogen-bond donors (Lipinski definition) is 2. The molecule has 1 aromatic rings. The van der Waals surface area contributed by atoms with Gasteiger partial charge in [0.05, 0.1) is 0 Å². The highest BCUT2D eigenvalue weighted by molar-refractivity contribution is 7.84. The smallest absolute Gasteiger partial charge is 0.224 e. The molecule has 90 valence electrons. The molecule has 0 aliphatic carbocycles. The van der Waals surface area contributed by atoms with Crippen molar-refractivity contribution in [2.75, 3.05) is 30.5 Å². The number of nitrogens with one attached hydrogen (secondary N) is 2. The summed E-state index contributed by atoms with van der Waals surface area (Å²) in [4.78, 5) is 8.24. The number of rotatable bonds is 6. The van der Waals surface area contributed by atoms with Crippen LogP contribution >= 0.6 is 0 Å². The van der Waals surface area contributed by atoms with Crippen molar-refractivity contribution in [3.05, 3.63) is 12.3 Å². The lowest BCUT2D eigenvalue weighted by atomic mass is 10.3. The van der Waals surface area contributed by atoms with Gasteiger partial charge in [-0.05, 0) is 12.5 Å². The molecular weight excluding hydrogens is 224 g/mol. The average Bonchev–Trinajstić information content (AvgIpc) is 2.29. The zero-order chi connectivity index (χ0) is 12.0. The van der Waals surface area contributed by atoms with E-state index in [-0.39, 0.29) is 5.25 Å². The topological polar surface area (TPSA) is 66.9 Å². The molecule has 1 aromatic heterocycles. The lowest BCUT2D eigenvalue weighted by molar-refractivity contribution is 0.672. The molecule has 2 unspecified atom stereocenters. The fourth-order valence-electron chi connectivity index (χ4n) is 1.15. The van der Waals surface area contributed by atoms with Gasteiger partial charge < -0.3 is 10.6 Å². The highest BCUT2D eigenvalue weighted by Crippen LogP contribution is 2.06. The van der Waals surface area contributed by atoms with Crippen molar-refractivity contribution < 1.29 is 4.21 Å². The fourth-order valence-corrected chi connectivity index (χ4v) is 1.60. The van der Waals surface area contributed by atoms with Crippen molar-refractivity contribution in [1.29, 1.82) is 0 Å². The van der Waals surface area contributed by atoms with E-state index in [0.717, 1.165) is 18.8 Å². The normalized spacial score (nSPS) is 14.2. The van der Waals surface area contributed by atoms with Crippen LogP contribution in [0.2, 0.25) is 0 Å². The van der Waals surface area contributed by atoms with Crippen LogP contribution in [0.25, 0.3) is 0 Å². The van der Waals surface area contributed by atoms with E-state index in [1.54, 1.807) is 19.5 Å². The van der Waals surface area contributed by atoms with Crippen LogP contribution < -0.4 is 10.6 Å². The van der Waals surface area contributed by atoms with Gasteiger partial charge in [0.15, 0.2) is 0 Å². The Labute approximate surface area is 98.5 Å². The average molecular weight is 242 g/mol. The lowest BCUT2D eigenvalue weighted by Gasteiger charge is -2.09. The molecule has 0 fully saturated rings. The van der Waals surface area contributed by atoms with Crippen molar-refractivity contribution in [3.63, 3.8) is 0 Å². The van der Waals surface area contributed by atoms with E-state index in [9.17, 15) is 4.21 Å². The van der Waals surface area contributed by atoms with E-state index >= 15 is 0 Å². The van der Waals surface area contributed by atoms with Gasteiger partial charge in [0.1, 0.15) is 5.82 Å². The maximum Gasteiger partial charge on any atom is 0.224 e. The molecule has 0 aromatic carbocycles. The Hall–Kier alpha value is -1.17. The van der Waals surface area contributed by atoms with Gasteiger partial charge in [0.2, 0.25) is 5.95 Å². The van der Waals surface area contributed by atoms with Gasteiger partial charge in [-0.3, -0.25) is 4.21 Å². The summed E-state index contributed by atoms with van der Waals surface area (Å²) in [5.74, 6) is 1.38. The second-order valence-electron chi connectivity index (χ2n) is 3.54. The third kappa shape index (κ3) is 4.14. The quantitative estimate of drug-likeness (QED) is 0.781. The zero-order valence-corrected chi connectivity index (χ0v) is 10.7. The van der Waals surface area contributed by atoms with Crippen molar-refractivity contribution in [3.8, 4) is 0 Å². The Morgan fingerprint density at radius 3 is 2.94 bits per heavy atom. The first-order valence-corrected chi connectivity index (χ1v) is 6.82. The summed E-state index contributed by atoms with van der Waals surface area (Å²) in [6.45, 7) is 2.75. The minimum Gasteiger partial charge on any atom is -0.370 e. The third-order valence-corrected chi connectivity index (χ3v) is 3.67. The fraction of sp³-hybridized carbons (Fsp3) is 0.600. The monoisotopic (exact) mass is 242 g/mol. The molecule has 0 saturated carbocycles. The van der Waals surface area contributed by atoms with Gasteiger partial charge in [-0.15, -0.1) is 0 Å². The van der Waals surface area contributed by atoms with Crippen LogP contribution in [0, 0.1) is 0 Å². The van der Waals surface area contributed by atoms with Gasteiger partial charge in [-0.2, -0.15) is 4.98 Å². The SMILES string of the molecule is CNc1nccc(NCCC(C)S(C)=O)n1. The van der Waals surface area contributed by atoms with Crippen molar-refractivity contribution >= 4 is 22.6 Å². The number of nitrogens with zero attached hydrogens (tertiary/aromatic N) is 2. The van der Waals surface area contributed by atoms with Crippen LogP contribution in [0.5, 0.6) is 0 Å². The standard InChI is InChI=1S/C10H18N4OS/c1-8(16(3)15)4-6-12-9-5-7-13-10(11-2)14-9/h5,7-8H,4,6H2,1-3H3,(H2,11,12,13,14). The van der Waals surface area contributed by atoms with Gasteiger partial charge in [0, 0.05) is 42.1 Å². The minimum atomic E-state index is -0.759. The lowest BCUT2D eigenvalue weighted by Crippen LogP contribution is -2.15. The molecule has 2 N–H and O–H groups in total. The molecule has 0 aliphatic rings. The highest BCUT2D eigenvalue weighted by Gasteiger charge is 2.05. The second kappa shape index (κ2) is 6.42. The van der Waals surface area contributed by atoms with Gasteiger partial charge >= 0.3 is 0 Å². The maximum absolute atomic E-state index is 11.1. The summed E-state index contributed by atoms with van der Waals surface area (Å²) in [6.07, 6.45) is 4.29. The summed E-state index contributed by atoms with van der Waals surface area (Å²) < 4.78 is 11.1. The molecule has 0 radical (unpaired) electrons. The largest absolute Gasteiger partial charge is 0.370 e. The van der Waals surface area contributed by atoms with E-state index in [2.05, 4.69) is 20.6 Å². The zero-order valence-electron chi connectivity index (χ0n) is 9.86. The Bertz CT molecular complexity index is 358. The molecule has 5 nitrogen and oxygen atoms in total. The number of aromatic nitrogens is 2. The molecule has 0 spiro atoms.